The van der Waals surface area contributed by atoms with Crippen LogP contribution in [0.25, 0.3) is 0 Å². The maximum Gasteiger partial charge on any atom is 0.317 e. The van der Waals surface area contributed by atoms with Crippen LogP contribution in [-0.2, 0) is 0 Å². The zero-order valence-corrected chi connectivity index (χ0v) is 7.81. The van der Waals surface area contributed by atoms with Crippen LogP contribution in [0.4, 0.5) is 4.79 Å². The molecule has 1 N–H and O–H groups in total. The predicted octanol–water partition coefficient (Wildman–Crippen LogP) is 1.59. The van der Waals surface area contributed by atoms with Gasteiger partial charge in [0.05, 0.1) is 0 Å². The predicted molar refractivity (Wildman–Crippen MR) is 49.1 cm³/mol. The second-order valence-corrected chi connectivity index (χ2v) is 3.28. The number of likely N-dealkylation sites (tertiary alicyclic amines) is 1. The molecule has 0 radical (unpaired) electrons. The number of urea groups is 1. The standard InChI is InChI=1S/C9H18N2O/c1-2-3-6-10-9(12)11-7-4-5-8-11/h2-8H2,1H3,(H,10,12). The molecule has 0 spiro atoms. The lowest BCUT2D eigenvalue weighted by Gasteiger charge is -2.15. The summed E-state index contributed by atoms with van der Waals surface area (Å²) in [6, 6.07) is 0.126. The molecule has 0 aromatic heterocycles. The van der Waals surface area contributed by atoms with Crippen LogP contribution in [0.2, 0.25) is 0 Å². The summed E-state index contributed by atoms with van der Waals surface area (Å²) in [6.45, 7) is 4.84. The summed E-state index contributed by atoms with van der Waals surface area (Å²) in [4.78, 5) is 13.2. The highest BCUT2D eigenvalue weighted by Crippen LogP contribution is 2.06. The Balaban J connectivity index is 2.10. The van der Waals surface area contributed by atoms with Gasteiger partial charge in [-0.05, 0) is 19.3 Å². The topological polar surface area (TPSA) is 32.3 Å². The Bertz CT molecular complexity index is 141. The van der Waals surface area contributed by atoms with Crippen molar-refractivity contribution >= 4 is 6.03 Å². The van der Waals surface area contributed by atoms with E-state index in [1.807, 2.05) is 4.90 Å². The highest BCUT2D eigenvalue weighted by Gasteiger charge is 2.16. The highest BCUT2D eigenvalue weighted by atomic mass is 16.2. The van der Waals surface area contributed by atoms with Gasteiger partial charge in [0, 0.05) is 19.6 Å². The van der Waals surface area contributed by atoms with Gasteiger partial charge in [-0.3, -0.25) is 0 Å². The summed E-state index contributed by atoms with van der Waals surface area (Å²) in [7, 11) is 0. The number of hydrogen-bond donors (Lipinski definition) is 1. The van der Waals surface area contributed by atoms with Crippen LogP contribution in [0.1, 0.15) is 32.6 Å². The van der Waals surface area contributed by atoms with E-state index < -0.39 is 0 Å². The van der Waals surface area contributed by atoms with E-state index in [4.69, 9.17) is 0 Å². The Morgan fingerprint density at radius 2 is 2.08 bits per heavy atom. The Morgan fingerprint density at radius 3 is 2.67 bits per heavy atom. The molecule has 1 fully saturated rings. The van der Waals surface area contributed by atoms with Crippen molar-refractivity contribution in [1.82, 2.24) is 10.2 Å². The number of nitrogens with zero attached hydrogens (tertiary/aromatic N) is 1. The molecule has 0 aromatic rings. The summed E-state index contributed by atoms with van der Waals surface area (Å²) >= 11 is 0. The molecule has 1 heterocycles. The second kappa shape index (κ2) is 5.01. The van der Waals surface area contributed by atoms with Crippen molar-refractivity contribution in [2.24, 2.45) is 0 Å². The number of amides is 2. The maximum atomic E-state index is 11.3. The van der Waals surface area contributed by atoms with Gasteiger partial charge in [-0.25, -0.2) is 4.79 Å². The Labute approximate surface area is 74.1 Å². The molecule has 1 saturated heterocycles. The lowest BCUT2D eigenvalue weighted by molar-refractivity contribution is 0.208. The molecule has 2 amide bonds. The highest BCUT2D eigenvalue weighted by molar-refractivity contribution is 5.74. The van der Waals surface area contributed by atoms with Gasteiger partial charge in [0.15, 0.2) is 0 Å². The van der Waals surface area contributed by atoms with Gasteiger partial charge in [0.25, 0.3) is 0 Å². The molecular weight excluding hydrogens is 152 g/mol. The molecule has 0 atom stereocenters. The van der Waals surface area contributed by atoms with E-state index in [0.29, 0.717) is 0 Å². The van der Waals surface area contributed by atoms with E-state index in [1.165, 1.54) is 12.8 Å². The van der Waals surface area contributed by atoms with Crippen LogP contribution in [0.15, 0.2) is 0 Å². The molecule has 0 unspecified atom stereocenters. The van der Waals surface area contributed by atoms with Crippen molar-refractivity contribution in [3.05, 3.63) is 0 Å². The number of unbranched alkanes of at least 4 members (excludes halogenated alkanes) is 1. The number of hydrogen-bond acceptors (Lipinski definition) is 1. The zero-order chi connectivity index (χ0) is 8.81. The fraction of sp³-hybridized carbons (Fsp3) is 0.889. The van der Waals surface area contributed by atoms with Gasteiger partial charge in [-0.2, -0.15) is 0 Å². The molecule has 1 rings (SSSR count). The molecule has 0 bridgehead atoms. The lowest BCUT2D eigenvalue weighted by Crippen LogP contribution is -2.38. The van der Waals surface area contributed by atoms with Crippen LogP contribution in [-0.4, -0.2) is 30.6 Å². The van der Waals surface area contributed by atoms with Crippen LogP contribution in [0.5, 0.6) is 0 Å². The molecule has 12 heavy (non-hydrogen) atoms. The minimum atomic E-state index is 0.126. The van der Waals surface area contributed by atoms with Gasteiger partial charge < -0.3 is 10.2 Å². The first kappa shape index (κ1) is 9.36. The SMILES string of the molecule is CCCCNC(=O)N1CCCC1. The Kier molecular flexibility index (Phi) is 3.91. The van der Waals surface area contributed by atoms with E-state index in [-0.39, 0.29) is 6.03 Å². The smallest absolute Gasteiger partial charge is 0.317 e. The first-order valence-corrected chi connectivity index (χ1v) is 4.87. The molecule has 0 aliphatic carbocycles. The van der Waals surface area contributed by atoms with Crippen LogP contribution < -0.4 is 5.32 Å². The van der Waals surface area contributed by atoms with E-state index in [0.717, 1.165) is 32.5 Å². The normalized spacial score (nSPS) is 16.6. The molecule has 70 valence electrons. The molecule has 1 aliphatic heterocycles. The average molecular weight is 170 g/mol. The number of rotatable bonds is 3. The maximum absolute atomic E-state index is 11.3. The summed E-state index contributed by atoms with van der Waals surface area (Å²) in [5.41, 5.74) is 0. The fourth-order valence-corrected chi connectivity index (χ4v) is 1.40. The van der Waals surface area contributed by atoms with Crippen LogP contribution >= 0.6 is 0 Å². The Hall–Kier alpha value is -0.730. The molecule has 3 heteroatoms. The quantitative estimate of drug-likeness (QED) is 0.641. The minimum absolute atomic E-state index is 0.126. The van der Waals surface area contributed by atoms with Crippen LogP contribution in [0.3, 0.4) is 0 Å². The van der Waals surface area contributed by atoms with E-state index >= 15 is 0 Å². The van der Waals surface area contributed by atoms with Crippen LogP contribution in [0, 0.1) is 0 Å². The van der Waals surface area contributed by atoms with Gasteiger partial charge in [0.1, 0.15) is 0 Å². The summed E-state index contributed by atoms with van der Waals surface area (Å²) in [5.74, 6) is 0. The lowest BCUT2D eigenvalue weighted by atomic mass is 10.3. The first-order valence-electron chi connectivity index (χ1n) is 4.87. The molecule has 0 aromatic carbocycles. The van der Waals surface area contributed by atoms with E-state index in [1.54, 1.807) is 0 Å². The monoisotopic (exact) mass is 170 g/mol. The second-order valence-electron chi connectivity index (χ2n) is 3.28. The summed E-state index contributed by atoms with van der Waals surface area (Å²) < 4.78 is 0. The largest absolute Gasteiger partial charge is 0.338 e. The molecular formula is C9H18N2O. The third-order valence-electron chi connectivity index (χ3n) is 2.20. The fourth-order valence-electron chi connectivity index (χ4n) is 1.40. The molecule has 3 nitrogen and oxygen atoms in total. The number of nitrogens with one attached hydrogen (secondary N) is 1. The number of carbonyl (C=O) groups is 1. The molecule has 1 aliphatic rings. The first-order chi connectivity index (χ1) is 5.84. The minimum Gasteiger partial charge on any atom is -0.338 e. The zero-order valence-electron chi connectivity index (χ0n) is 7.81. The third kappa shape index (κ3) is 2.72. The average Bonchev–Trinajstić information content (AvgIpc) is 2.56. The van der Waals surface area contributed by atoms with E-state index in [2.05, 4.69) is 12.2 Å². The third-order valence-corrected chi connectivity index (χ3v) is 2.20. The van der Waals surface area contributed by atoms with Crippen molar-refractivity contribution in [1.29, 1.82) is 0 Å². The van der Waals surface area contributed by atoms with E-state index in [9.17, 15) is 4.79 Å². The van der Waals surface area contributed by atoms with Gasteiger partial charge in [0.2, 0.25) is 0 Å². The summed E-state index contributed by atoms with van der Waals surface area (Å²) in [5, 5.41) is 2.91. The van der Waals surface area contributed by atoms with Crippen molar-refractivity contribution in [3.8, 4) is 0 Å². The van der Waals surface area contributed by atoms with Gasteiger partial charge >= 0.3 is 6.03 Å². The summed E-state index contributed by atoms with van der Waals surface area (Å²) in [6.07, 6.45) is 4.56. The van der Waals surface area contributed by atoms with Crippen molar-refractivity contribution in [2.75, 3.05) is 19.6 Å². The van der Waals surface area contributed by atoms with Crippen molar-refractivity contribution in [3.63, 3.8) is 0 Å². The van der Waals surface area contributed by atoms with Crippen molar-refractivity contribution < 1.29 is 4.79 Å². The van der Waals surface area contributed by atoms with Gasteiger partial charge in [-0.1, -0.05) is 13.3 Å². The van der Waals surface area contributed by atoms with Gasteiger partial charge in [-0.15, -0.1) is 0 Å². The number of carbonyl (C=O) groups excluding carboxylic acids is 1. The van der Waals surface area contributed by atoms with Crippen molar-refractivity contribution in [2.45, 2.75) is 32.6 Å². The molecule has 0 saturated carbocycles. The Morgan fingerprint density at radius 1 is 1.42 bits per heavy atom.